The molecule has 0 spiro atoms. The van der Waals surface area contributed by atoms with Gasteiger partial charge in [-0.15, -0.1) is 5.10 Å². The quantitative estimate of drug-likeness (QED) is 0.661. The Bertz CT molecular complexity index is 900. The molecule has 0 unspecified atom stereocenters. The second kappa shape index (κ2) is 5.99. The number of esters is 1. The minimum Gasteiger partial charge on any atom is -0.467 e. The van der Waals surface area contributed by atoms with Crippen molar-refractivity contribution >= 4 is 17.1 Å². The summed E-state index contributed by atoms with van der Waals surface area (Å²) in [5, 5.41) is 7.90. The zero-order valence-electron chi connectivity index (χ0n) is 12.7. The van der Waals surface area contributed by atoms with E-state index < -0.39 is 17.6 Å². The molecule has 0 aliphatic rings. The summed E-state index contributed by atoms with van der Waals surface area (Å²) in [5.74, 6) is -0.523. The maximum absolute atomic E-state index is 12.5. The Balaban J connectivity index is 2.01. The number of nitrogens with zero attached hydrogens (tertiary/aromatic N) is 5. The summed E-state index contributed by atoms with van der Waals surface area (Å²) in [6.07, 6.45) is 1.32. The largest absolute Gasteiger partial charge is 0.467 e. The van der Waals surface area contributed by atoms with Crippen LogP contribution in [0.25, 0.3) is 11.2 Å². The van der Waals surface area contributed by atoms with Crippen LogP contribution in [0.4, 0.5) is 0 Å². The average molecular weight is 313 g/mol. The van der Waals surface area contributed by atoms with Gasteiger partial charge in [-0.25, -0.2) is 14.5 Å². The van der Waals surface area contributed by atoms with Crippen molar-refractivity contribution in [1.29, 1.82) is 0 Å². The summed E-state index contributed by atoms with van der Waals surface area (Å²) < 4.78 is 7.39. The number of aromatic nitrogens is 5. The highest BCUT2D eigenvalue weighted by Gasteiger charge is 2.20. The molecule has 0 radical (unpaired) electrons. The Morgan fingerprint density at radius 2 is 2.04 bits per heavy atom. The third kappa shape index (κ3) is 2.70. The van der Waals surface area contributed by atoms with E-state index in [2.05, 4.69) is 20.0 Å². The summed E-state index contributed by atoms with van der Waals surface area (Å²) in [7, 11) is 1.27. The van der Waals surface area contributed by atoms with Crippen LogP contribution in [-0.2, 0) is 16.1 Å². The van der Waals surface area contributed by atoms with Crippen LogP contribution in [0.15, 0.2) is 41.5 Å². The minimum atomic E-state index is -0.774. The van der Waals surface area contributed by atoms with Gasteiger partial charge in [-0.1, -0.05) is 35.5 Å². The molecule has 0 aliphatic heterocycles. The fourth-order valence-electron chi connectivity index (χ4n) is 2.29. The second-order valence-electron chi connectivity index (χ2n) is 5.06. The molecule has 118 valence electrons. The Hall–Kier alpha value is -3.03. The molecule has 3 aromatic rings. The maximum Gasteiger partial charge on any atom is 0.328 e. The molecule has 23 heavy (non-hydrogen) atoms. The highest BCUT2D eigenvalue weighted by atomic mass is 16.5. The summed E-state index contributed by atoms with van der Waals surface area (Å²) in [6.45, 7) is 2.02. The molecule has 2 heterocycles. The van der Waals surface area contributed by atoms with Gasteiger partial charge in [0.05, 0.1) is 13.7 Å². The average Bonchev–Trinajstić information content (AvgIpc) is 2.98. The van der Waals surface area contributed by atoms with E-state index in [1.165, 1.54) is 18.0 Å². The predicted octanol–water partition coefficient (Wildman–Crippen LogP) is 0.770. The van der Waals surface area contributed by atoms with Crippen LogP contribution in [0.1, 0.15) is 18.5 Å². The first kappa shape index (κ1) is 14.9. The number of ether oxygens (including phenoxy) is 1. The lowest BCUT2D eigenvalue weighted by Gasteiger charge is -2.11. The Kier molecular flexibility index (Phi) is 3.88. The number of methoxy groups -OCH3 is 1. The van der Waals surface area contributed by atoms with Gasteiger partial charge in [0.15, 0.2) is 11.2 Å². The first-order valence-corrected chi connectivity index (χ1v) is 7.04. The SMILES string of the molecule is COC(=O)[C@@H](C)n1cnc2c(nnn2Cc2ccccc2)c1=O. The van der Waals surface area contributed by atoms with E-state index in [-0.39, 0.29) is 5.52 Å². The van der Waals surface area contributed by atoms with Gasteiger partial charge in [-0.2, -0.15) is 0 Å². The number of hydrogen-bond acceptors (Lipinski definition) is 6. The van der Waals surface area contributed by atoms with Crippen LogP contribution in [0.5, 0.6) is 0 Å². The van der Waals surface area contributed by atoms with Crippen molar-refractivity contribution in [3.05, 3.63) is 52.6 Å². The third-order valence-corrected chi connectivity index (χ3v) is 3.59. The van der Waals surface area contributed by atoms with Crippen LogP contribution in [-0.4, -0.2) is 37.6 Å². The van der Waals surface area contributed by atoms with Gasteiger partial charge in [0, 0.05) is 0 Å². The van der Waals surface area contributed by atoms with Crippen LogP contribution in [0.3, 0.4) is 0 Å². The maximum atomic E-state index is 12.5. The van der Waals surface area contributed by atoms with Crippen molar-refractivity contribution in [2.24, 2.45) is 0 Å². The van der Waals surface area contributed by atoms with Crippen LogP contribution in [0.2, 0.25) is 0 Å². The van der Waals surface area contributed by atoms with Crippen LogP contribution >= 0.6 is 0 Å². The normalized spacial score (nSPS) is 12.3. The van der Waals surface area contributed by atoms with Crippen molar-refractivity contribution in [1.82, 2.24) is 24.5 Å². The zero-order valence-corrected chi connectivity index (χ0v) is 12.7. The Morgan fingerprint density at radius 3 is 2.74 bits per heavy atom. The molecule has 0 bridgehead atoms. The van der Waals surface area contributed by atoms with Gasteiger partial charge in [0.2, 0.25) is 0 Å². The second-order valence-corrected chi connectivity index (χ2v) is 5.06. The molecule has 3 rings (SSSR count). The van der Waals surface area contributed by atoms with Crippen molar-refractivity contribution in [2.45, 2.75) is 19.5 Å². The van der Waals surface area contributed by atoms with E-state index in [4.69, 9.17) is 0 Å². The number of benzene rings is 1. The van der Waals surface area contributed by atoms with E-state index in [0.717, 1.165) is 5.56 Å². The number of rotatable bonds is 4. The number of hydrogen-bond donors (Lipinski definition) is 0. The van der Waals surface area contributed by atoms with Crippen molar-refractivity contribution < 1.29 is 9.53 Å². The van der Waals surface area contributed by atoms with Crippen LogP contribution in [0, 0.1) is 0 Å². The molecule has 8 nitrogen and oxygen atoms in total. The number of carbonyl (C=O) groups excluding carboxylic acids is 1. The summed E-state index contributed by atoms with van der Waals surface area (Å²) in [4.78, 5) is 28.3. The molecule has 0 aliphatic carbocycles. The lowest BCUT2D eigenvalue weighted by molar-refractivity contribution is -0.144. The summed E-state index contributed by atoms with van der Waals surface area (Å²) in [6, 6.07) is 8.90. The molecule has 8 heteroatoms. The van der Waals surface area contributed by atoms with Gasteiger partial charge in [-0.3, -0.25) is 9.36 Å². The van der Waals surface area contributed by atoms with Gasteiger partial charge < -0.3 is 4.74 Å². The molecule has 0 saturated heterocycles. The van der Waals surface area contributed by atoms with Gasteiger partial charge in [0.1, 0.15) is 12.4 Å². The lowest BCUT2D eigenvalue weighted by atomic mass is 10.2. The molecule has 2 aromatic heterocycles. The minimum absolute atomic E-state index is 0.124. The third-order valence-electron chi connectivity index (χ3n) is 3.59. The Labute approximate surface area is 131 Å². The fourth-order valence-corrected chi connectivity index (χ4v) is 2.29. The molecule has 0 fully saturated rings. The summed E-state index contributed by atoms with van der Waals surface area (Å²) >= 11 is 0. The monoisotopic (exact) mass is 313 g/mol. The Morgan fingerprint density at radius 1 is 1.30 bits per heavy atom. The van der Waals surface area contributed by atoms with E-state index in [9.17, 15) is 9.59 Å². The number of fused-ring (bicyclic) bond motifs is 1. The van der Waals surface area contributed by atoms with Crippen LogP contribution < -0.4 is 5.56 Å². The van der Waals surface area contributed by atoms with Crippen molar-refractivity contribution in [3.8, 4) is 0 Å². The van der Waals surface area contributed by atoms with Crippen molar-refractivity contribution in [2.75, 3.05) is 7.11 Å². The molecular formula is C15H15N5O3. The molecule has 1 aromatic carbocycles. The predicted molar refractivity (Wildman–Crippen MR) is 81.9 cm³/mol. The highest BCUT2D eigenvalue weighted by molar-refractivity contribution is 5.74. The molecule has 0 saturated carbocycles. The molecule has 1 atom stereocenters. The first-order chi connectivity index (χ1) is 11.1. The van der Waals surface area contributed by atoms with E-state index in [1.54, 1.807) is 11.6 Å². The first-order valence-electron chi connectivity index (χ1n) is 7.04. The lowest BCUT2D eigenvalue weighted by Crippen LogP contribution is -2.29. The highest BCUT2D eigenvalue weighted by Crippen LogP contribution is 2.09. The van der Waals surface area contributed by atoms with Crippen molar-refractivity contribution in [3.63, 3.8) is 0 Å². The topological polar surface area (TPSA) is 91.9 Å². The smallest absolute Gasteiger partial charge is 0.328 e. The standard InChI is InChI=1S/C15H15N5O3/c1-10(15(22)23-2)19-9-16-13-12(14(19)21)17-18-20(13)8-11-6-4-3-5-7-11/h3-7,9-10H,8H2,1-2H3/t10-/m1/s1. The number of carbonyl (C=O) groups is 1. The molecule has 0 N–H and O–H groups in total. The summed E-state index contributed by atoms with van der Waals surface area (Å²) in [5.41, 5.74) is 1.10. The fraction of sp³-hybridized carbons (Fsp3) is 0.267. The van der Waals surface area contributed by atoms with Gasteiger partial charge in [-0.05, 0) is 12.5 Å². The van der Waals surface area contributed by atoms with E-state index in [0.29, 0.717) is 12.2 Å². The molecule has 0 amide bonds. The van der Waals surface area contributed by atoms with Gasteiger partial charge >= 0.3 is 5.97 Å². The van der Waals surface area contributed by atoms with E-state index >= 15 is 0 Å². The molecular weight excluding hydrogens is 298 g/mol. The zero-order chi connectivity index (χ0) is 16.4. The van der Waals surface area contributed by atoms with E-state index in [1.807, 2.05) is 30.3 Å². The van der Waals surface area contributed by atoms with Gasteiger partial charge in [0.25, 0.3) is 5.56 Å².